The highest BCUT2D eigenvalue weighted by Crippen LogP contribution is 2.22. The van der Waals surface area contributed by atoms with Crippen LogP contribution >= 0.6 is 11.6 Å². The van der Waals surface area contributed by atoms with Crippen molar-refractivity contribution in [3.05, 3.63) is 29.3 Å². The van der Waals surface area contributed by atoms with Crippen LogP contribution in [0, 0.1) is 0 Å². The molecule has 14 heavy (non-hydrogen) atoms. The molecule has 0 amide bonds. The molecule has 1 aliphatic carbocycles. The molecule has 2 nitrogen and oxygen atoms in total. The third kappa shape index (κ3) is 2.20. The second-order valence-corrected chi connectivity index (χ2v) is 4.29. The van der Waals surface area contributed by atoms with Crippen LogP contribution in [-0.2, 0) is 0 Å². The Bertz CT molecular complexity index is 297. The number of nitrogens with one attached hydrogen (secondary N) is 1. The Hall–Kier alpha value is -0.730. The maximum Gasteiger partial charge on any atom is 0.0412 e. The van der Waals surface area contributed by atoms with Crippen molar-refractivity contribution in [3.8, 4) is 0 Å². The molecule has 0 bridgehead atoms. The molecule has 0 aromatic heterocycles. The predicted molar refractivity (Wildman–Crippen MR) is 60.7 cm³/mol. The largest absolute Gasteiger partial charge is 0.381 e. The van der Waals surface area contributed by atoms with Crippen molar-refractivity contribution in [1.82, 2.24) is 0 Å². The minimum absolute atomic E-state index is 0.297. The monoisotopic (exact) mass is 210 g/mol. The summed E-state index contributed by atoms with van der Waals surface area (Å²) in [7, 11) is 0. The fraction of sp³-hybridized carbons (Fsp3) is 0.455. The standard InChI is InChI=1S/C11H15ClN2/c12-8-4-6-9(7-5-8)14-11-3-1-2-10(11)13/h4-7,10-11,14H,1-3,13H2/t10-,11+/m0/s1. The Balaban J connectivity index is 2.00. The summed E-state index contributed by atoms with van der Waals surface area (Å²) in [6, 6.07) is 8.50. The smallest absolute Gasteiger partial charge is 0.0412 e. The normalized spacial score (nSPS) is 26.4. The van der Waals surface area contributed by atoms with Crippen LogP contribution in [0.25, 0.3) is 0 Å². The number of halogens is 1. The first kappa shape index (κ1) is 9.81. The van der Waals surface area contributed by atoms with Gasteiger partial charge in [0.1, 0.15) is 0 Å². The number of benzene rings is 1. The fourth-order valence-electron chi connectivity index (χ4n) is 1.93. The Labute approximate surface area is 89.4 Å². The van der Waals surface area contributed by atoms with E-state index in [1.807, 2.05) is 24.3 Å². The zero-order valence-electron chi connectivity index (χ0n) is 8.04. The first-order valence-corrected chi connectivity index (χ1v) is 5.41. The van der Waals surface area contributed by atoms with Gasteiger partial charge < -0.3 is 11.1 Å². The molecule has 1 aliphatic rings. The highest BCUT2D eigenvalue weighted by atomic mass is 35.5. The zero-order valence-corrected chi connectivity index (χ0v) is 8.80. The van der Waals surface area contributed by atoms with Crippen molar-refractivity contribution in [1.29, 1.82) is 0 Å². The molecular formula is C11H15ClN2. The lowest BCUT2D eigenvalue weighted by atomic mass is 10.2. The lowest BCUT2D eigenvalue weighted by Crippen LogP contribution is -2.35. The van der Waals surface area contributed by atoms with E-state index in [-0.39, 0.29) is 0 Å². The van der Waals surface area contributed by atoms with E-state index in [4.69, 9.17) is 17.3 Å². The van der Waals surface area contributed by atoms with Gasteiger partial charge in [-0.2, -0.15) is 0 Å². The first-order chi connectivity index (χ1) is 6.75. The van der Waals surface area contributed by atoms with E-state index in [2.05, 4.69) is 5.32 Å². The van der Waals surface area contributed by atoms with Gasteiger partial charge in [0.25, 0.3) is 0 Å². The summed E-state index contributed by atoms with van der Waals surface area (Å²) in [5.74, 6) is 0. The van der Waals surface area contributed by atoms with E-state index >= 15 is 0 Å². The average Bonchev–Trinajstić information content (AvgIpc) is 2.56. The lowest BCUT2D eigenvalue weighted by Gasteiger charge is -2.18. The van der Waals surface area contributed by atoms with Crippen LogP contribution in [0.5, 0.6) is 0 Å². The zero-order chi connectivity index (χ0) is 9.97. The molecular weight excluding hydrogens is 196 g/mol. The summed E-state index contributed by atoms with van der Waals surface area (Å²) in [5.41, 5.74) is 7.08. The van der Waals surface area contributed by atoms with Crippen LogP contribution in [0.3, 0.4) is 0 Å². The maximum absolute atomic E-state index is 5.97. The van der Waals surface area contributed by atoms with E-state index in [9.17, 15) is 0 Å². The van der Waals surface area contributed by atoms with Crippen LogP contribution in [0.1, 0.15) is 19.3 Å². The van der Waals surface area contributed by atoms with Crippen LogP contribution in [-0.4, -0.2) is 12.1 Å². The van der Waals surface area contributed by atoms with Crippen molar-refractivity contribution in [2.24, 2.45) is 5.73 Å². The molecule has 1 saturated carbocycles. The van der Waals surface area contributed by atoms with Crippen LogP contribution < -0.4 is 11.1 Å². The molecule has 0 unspecified atom stereocenters. The van der Waals surface area contributed by atoms with Gasteiger partial charge in [0.15, 0.2) is 0 Å². The van der Waals surface area contributed by atoms with Crippen molar-refractivity contribution in [2.45, 2.75) is 31.3 Å². The Morgan fingerprint density at radius 3 is 2.50 bits per heavy atom. The summed E-state index contributed by atoms with van der Waals surface area (Å²) >= 11 is 5.80. The quantitative estimate of drug-likeness (QED) is 0.788. The molecule has 0 heterocycles. The van der Waals surface area contributed by atoms with E-state index in [0.29, 0.717) is 12.1 Å². The van der Waals surface area contributed by atoms with Gasteiger partial charge in [-0.15, -0.1) is 0 Å². The van der Waals surface area contributed by atoms with Gasteiger partial charge in [0.05, 0.1) is 0 Å². The van der Waals surface area contributed by atoms with E-state index in [1.165, 1.54) is 12.8 Å². The van der Waals surface area contributed by atoms with Gasteiger partial charge in [0.2, 0.25) is 0 Å². The third-order valence-corrected chi connectivity index (χ3v) is 3.02. The van der Waals surface area contributed by atoms with Gasteiger partial charge in [-0.05, 0) is 43.5 Å². The number of nitrogens with two attached hydrogens (primary N) is 1. The van der Waals surface area contributed by atoms with Crippen molar-refractivity contribution >= 4 is 17.3 Å². The molecule has 0 radical (unpaired) electrons. The Morgan fingerprint density at radius 2 is 1.93 bits per heavy atom. The number of hydrogen-bond acceptors (Lipinski definition) is 2. The minimum atomic E-state index is 0.297. The van der Waals surface area contributed by atoms with Gasteiger partial charge in [-0.1, -0.05) is 11.6 Å². The van der Waals surface area contributed by atoms with Crippen LogP contribution in [0.2, 0.25) is 5.02 Å². The molecule has 0 saturated heterocycles. The molecule has 0 aliphatic heterocycles. The molecule has 3 N–H and O–H groups in total. The van der Waals surface area contributed by atoms with Gasteiger partial charge >= 0.3 is 0 Å². The van der Waals surface area contributed by atoms with E-state index in [1.54, 1.807) is 0 Å². The lowest BCUT2D eigenvalue weighted by molar-refractivity contribution is 0.638. The summed E-state index contributed by atoms with van der Waals surface area (Å²) in [6.07, 6.45) is 3.53. The highest BCUT2D eigenvalue weighted by Gasteiger charge is 2.23. The molecule has 0 spiro atoms. The molecule has 2 atom stereocenters. The van der Waals surface area contributed by atoms with Crippen molar-refractivity contribution < 1.29 is 0 Å². The van der Waals surface area contributed by atoms with Gasteiger partial charge in [-0.3, -0.25) is 0 Å². The maximum atomic E-state index is 5.97. The van der Waals surface area contributed by atoms with Gasteiger partial charge in [-0.25, -0.2) is 0 Å². The van der Waals surface area contributed by atoms with Crippen molar-refractivity contribution in [2.75, 3.05) is 5.32 Å². The third-order valence-electron chi connectivity index (χ3n) is 2.77. The number of hydrogen-bond donors (Lipinski definition) is 2. The SMILES string of the molecule is N[C@H]1CCC[C@H]1Nc1ccc(Cl)cc1. The number of rotatable bonds is 2. The van der Waals surface area contributed by atoms with Crippen LogP contribution in [0.15, 0.2) is 24.3 Å². The summed E-state index contributed by atoms with van der Waals surface area (Å²) < 4.78 is 0. The first-order valence-electron chi connectivity index (χ1n) is 5.03. The fourth-order valence-corrected chi connectivity index (χ4v) is 2.05. The minimum Gasteiger partial charge on any atom is -0.381 e. The highest BCUT2D eigenvalue weighted by molar-refractivity contribution is 6.30. The van der Waals surface area contributed by atoms with Crippen molar-refractivity contribution in [3.63, 3.8) is 0 Å². The topological polar surface area (TPSA) is 38.0 Å². The molecule has 76 valence electrons. The average molecular weight is 211 g/mol. The summed E-state index contributed by atoms with van der Waals surface area (Å²) in [5, 5.41) is 4.20. The molecule has 1 aromatic rings. The van der Waals surface area contributed by atoms with Crippen LogP contribution in [0.4, 0.5) is 5.69 Å². The molecule has 3 heteroatoms. The Morgan fingerprint density at radius 1 is 1.21 bits per heavy atom. The molecule has 2 rings (SSSR count). The van der Waals surface area contributed by atoms with Gasteiger partial charge in [0, 0.05) is 22.8 Å². The molecule has 1 aromatic carbocycles. The second-order valence-electron chi connectivity index (χ2n) is 3.85. The second kappa shape index (κ2) is 4.20. The number of anilines is 1. The van der Waals surface area contributed by atoms with E-state index < -0.39 is 0 Å². The molecule has 1 fully saturated rings. The predicted octanol–water partition coefficient (Wildman–Crippen LogP) is 2.63. The summed E-state index contributed by atoms with van der Waals surface area (Å²) in [4.78, 5) is 0. The summed E-state index contributed by atoms with van der Waals surface area (Å²) in [6.45, 7) is 0. The van der Waals surface area contributed by atoms with E-state index in [0.717, 1.165) is 17.1 Å². The Kier molecular flexibility index (Phi) is 2.94.